The van der Waals surface area contributed by atoms with E-state index in [-0.39, 0.29) is 0 Å². The zero-order valence-electron chi connectivity index (χ0n) is 5.38. The minimum Gasteiger partial charge on any atom is -0.484 e. The standard InChI is InChI=1S/C4H10BNO2/c1-6(2,3)5-4(7)8/h1-3H3,(H,7,8)/q+1. The number of nitrogens with zero attached hydrogens (tertiary/aromatic N) is 1. The van der Waals surface area contributed by atoms with Gasteiger partial charge >= 0.3 is 13.3 Å². The fourth-order valence-electron chi connectivity index (χ4n) is 0.331. The second-order valence-electron chi connectivity index (χ2n) is 2.58. The van der Waals surface area contributed by atoms with E-state index in [9.17, 15) is 4.79 Å². The van der Waals surface area contributed by atoms with Gasteiger partial charge in [0.15, 0.2) is 0 Å². The van der Waals surface area contributed by atoms with Gasteiger partial charge in [-0.15, -0.1) is 0 Å². The molecular formula is C4H10BNO2+. The Labute approximate surface area is 49.8 Å². The third-order valence-electron chi connectivity index (χ3n) is 0.498. The molecule has 0 aromatic heterocycles. The summed E-state index contributed by atoms with van der Waals surface area (Å²) in [7, 11) is 6.57. The van der Waals surface area contributed by atoms with Crippen molar-refractivity contribution in [2.75, 3.05) is 21.1 Å². The molecule has 0 aliphatic carbocycles. The predicted molar refractivity (Wildman–Crippen MR) is 31.8 cm³/mol. The Hall–Kier alpha value is -0.505. The molecule has 0 saturated carbocycles. The van der Waals surface area contributed by atoms with Gasteiger partial charge in [-0.1, -0.05) is 0 Å². The van der Waals surface area contributed by atoms with Crippen molar-refractivity contribution >= 4 is 13.3 Å². The van der Waals surface area contributed by atoms with E-state index < -0.39 is 5.87 Å². The second kappa shape index (κ2) is 2.18. The molecule has 3 nitrogen and oxygen atoms in total. The highest BCUT2D eigenvalue weighted by Gasteiger charge is 2.20. The smallest absolute Gasteiger partial charge is 0.484 e. The van der Waals surface area contributed by atoms with Gasteiger partial charge in [-0.25, -0.2) is 0 Å². The molecule has 1 N–H and O–H groups in total. The summed E-state index contributed by atoms with van der Waals surface area (Å²) < 4.78 is 0.356. The van der Waals surface area contributed by atoms with Crippen LogP contribution in [0, 0.1) is 0 Å². The Morgan fingerprint density at radius 1 is 1.50 bits per heavy atom. The van der Waals surface area contributed by atoms with Crippen LogP contribution in [0.3, 0.4) is 0 Å². The molecule has 0 spiro atoms. The number of carbonyl (C=O) groups is 1. The summed E-state index contributed by atoms with van der Waals surface area (Å²) in [5.74, 6) is -0.877. The molecule has 0 aromatic rings. The first kappa shape index (κ1) is 7.49. The number of rotatable bonds is 2. The maximum absolute atomic E-state index is 9.94. The zero-order chi connectivity index (χ0) is 6.78. The molecule has 0 atom stereocenters. The topological polar surface area (TPSA) is 37.3 Å². The molecule has 0 fully saturated rings. The van der Waals surface area contributed by atoms with Crippen molar-refractivity contribution in [2.45, 2.75) is 0 Å². The Morgan fingerprint density at radius 3 is 1.88 bits per heavy atom. The van der Waals surface area contributed by atoms with Gasteiger partial charge in [-0.05, 0) is 0 Å². The largest absolute Gasteiger partial charge is 0.578 e. The van der Waals surface area contributed by atoms with E-state index in [2.05, 4.69) is 0 Å². The first-order valence-electron chi connectivity index (χ1n) is 2.32. The summed E-state index contributed by atoms with van der Waals surface area (Å²) in [5, 5.41) is 8.18. The van der Waals surface area contributed by atoms with Crippen molar-refractivity contribution in [3.63, 3.8) is 0 Å². The van der Waals surface area contributed by atoms with Gasteiger partial charge in [0.2, 0.25) is 0 Å². The van der Waals surface area contributed by atoms with Crippen molar-refractivity contribution in [1.82, 2.24) is 0 Å². The van der Waals surface area contributed by atoms with Gasteiger partial charge in [-0.3, -0.25) is 4.79 Å². The van der Waals surface area contributed by atoms with Gasteiger partial charge in [0, 0.05) is 21.1 Å². The molecule has 0 rings (SSSR count). The fraction of sp³-hybridized carbons (Fsp3) is 0.750. The Morgan fingerprint density at radius 2 is 1.88 bits per heavy atom. The lowest BCUT2D eigenvalue weighted by Crippen LogP contribution is -2.42. The van der Waals surface area contributed by atoms with Crippen LogP contribution in [0.4, 0.5) is 4.79 Å². The lowest BCUT2D eigenvalue weighted by atomic mass is 9.90. The van der Waals surface area contributed by atoms with Crippen LogP contribution < -0.4 is 0 Å². The minimum atomic E-state index is -0.877. The van der Waals surface area contributed by atoms with E-state index in [0.717, 1.165) is 0 Å². The molecule has 8 heavy (non-hydrogen) atoms. The highest BCUT2D eigenvalue weighted by molar-refractivity contribution is 6.65. The molecular weight excluding hydrogens is 105 g/mol. The van der Waals surface area contributed by atoms with E-state index in [4.69, 9.17) is 5.11 Å². The molecule has 0 aliphatic heterocycles. The summed E-state index contributed by atoms with van der Waals surface area (Å²) in [6, 6.07) is 0. The molecule has 0 aromatic carbocycles. The van der Waals surface area contributed by atoms with Crippen LogP contribution >= 0.6 is 0 Å². The monoisotopic (exact) mass is 115 g/mol. The van der Waals surface area contributed by atoms with Gasteiger partial charge in [0.25, 0.3) is 0 Å². The third-order valence-corrected chi connectivity index (χ3v) is 0.498. The normalized spacial score (nSPS) is 10.9. The van der Waals surface area contributed by atoms with E-state index in [1.165, 1.54) is 7.41 Å². The van der Waals surface area contributed by atoms with Crippen molar-refractivity contribution < 1.29 is 14.3 Å². The molecule has 0 saturated heterocycles. The number of quaternary nitrogens is 1. The van der Waals surface area contributed by atoms with Crippen LogP contribution in [-0.4, -0.2) is 43.9 Å². The Balaban J connectivity index is 3.55. The summed E-state index contributed by atoms with van der Waals surface area (Å²) in [6.07, 6.45) is 0. The maximum atomic E-state index is 9.94. The van der Waals surface area contributed by atoms with E-state index in [0.29, 0.717) is 4.39 Å². The molecule has 4 heteroatoms. The molecule has 0 unspecified atom stereocenters. The van der Waals surface area contributed by atoms with Crippen LogP contribution in [0.25, 0.3) is 0 Å². The summed E-state index contributed by atoms with van der Waals surface area (Å²) in [4.78, 5) is 9.94. The van der Waals surface area contributed by atoms with Gasteiger partial charge in [0.05, 0.1) is 0 Å². The number of carboxylic acid groups (broad SMARTS) is 1. The summed E-state index contributed by atoms with van der Waals surface area (Å²) >= 11 is 0. The minimum absolute atomic E-state index is 0.356. The Kier molecular flexibility index (Phi) is 2.04. The first-order valence-corrected chi connectivity index (χ1v) is 2.32. The van der Waals surface area contributed by atoms with Gasteiger partial charge in [-0.2, -0.15) is 0 Å². The number of hydrogen-bond acceptors (Lipinski definition) is 1. The second-order valence-corrected chi connectivity index (χ2v) is 2.58. The van der Waals surface area contributed by atoms with Crippen LogP contribution in [0.15, 0.2) is 0 Å². The molecule has 45 valence electrons. The van der Waals surface area contributed by atoms with Gasteiger partial charge in [0.1, 0.15) is 0 Å². The first-order chi connectivity index (χ1) is 3.42. The third kappa shape index (κ3) is 5.49. The Bertz CT molecular complexity index is 96.7. The van der Waals surface area contributed by atoms with Crippen molar-refractivity contribution in [3.8, 4) is 0 Å². The van der Waals surface area contributed by atoms with E-state index >= 15 is 0 Å². The highest BCUT2D eigenvalue weighted by Crippen LogP contribution is 1.84. The molecule has 0 heterocycles. The van der Waals surface area contributed by atoms with Crippen LogP contribution in [-0.2, 0) is 0 Å². The zero-order valence-corrected chi connectivity index (χ0v) is 5.38. The van der Waals surface area contributed by atoms with Crippen LogP contribution in [0.2, 0.25) is 0 Å². The molecule has 1 radical (unpaired) electrons. The van der Waals surface area contributed by atoms with Crippen molar-refractivity contribution in [3.05, 3.63) is 0 Å². The fourth-order valence-corrected chi connectivity index (χ4v) is 0.331. The number of hydrogen-bond donors (Lipinski definition) is 1. The highest BCUT2D eigenvalue weighted by atomic mass is 16.4. The molecule has 0 aliphatic rings. The lowest BCUT2D eigenvalue weighted by molar-refractivity contribution is -0.753. The van der Waals surface area contributed by atoms with E-state index in [1.807, 2.05) is 0 Å². The van der Waals surface area contributed by atoms with Crippen molar-refractivity contribution in [2.24, 2.45) is 0 Å². The van der Waals surface area contributed by atoms with Crippen molar-refractivity contribution in [1.29, 1.82) is 0 Å². The van der Waals surface area contributed by atoms with Crippen LogP contribution in [0.5, 0.6) is 0 Å². The van der Waals surface area contributed by atoms with E-state index in [1.54, 1.807) is 21.1 Å². The molecule has 0 amide bonds. The quantitative estimate of drug-likeness (QED) is 0.514. The summed E-state index contributed by atoms with van der Waals surface area (Å²) in [6.45, 7) is 0. The lowest BCUT2D eigenvalue weighted by Gasteiger charge is -2.19. The SMILES string of the molecule is C[N+](C)(C)[B]C(=O)O. The maximum Gasteiger partial charge on any atom is 0.578 e. The average Bonchev–Trinajstić information content (AvgIpc) is 1.21. The summed E-state index contributed by atoms with van der Waals surface area (Å²) in [5.41, 5.74) is 0. The molecule has 0 bridgehead atoms. The predicted octanol–water partition coefficient (Wildman–Crippen LogP) is -0.0102. The average molecular weight is 115 g/mol. The van der Waals surface area contributed by atoms with Crippen LogP contribution in [0.1, 0.15) is 0 Å². The van der Waals surface area contributed by atoms with Gasteiger partial charge < -0.3 is 9.50 Å².